The first-order chi connectivity index (χ1) is 18.9. The van der Waals surface area contributed by atoms with Gasteiger partial charge in [-0.3, -0.25) is 0 Å². The van der Waals surface area contributed by atoms with Gasteiger partial charge in [0, 0.05) is 36.3 Å². The van der Waals surface area contributed by atoms with Crippen molar-refractivity contribution in [1.82, 2.24) is 29.7 Å². The number of ether oxygens (including phenoxy) is 2. The van der Waals surface area contributed by atoms with E-state index in [0.29, 0.717) is 13.2 Å². The van der Waals surface area contributed by atoms with Crippen LogP contribution in [0.3, 0.4) is 0 Å². The summed E-state index contributed by atoms with van der Waals surface area (Å²) in [5, 5.41) is 0. The standard InChI is InChI=1S/C31H38N6O2/c1-21-18-22(30-32-26-12-9-23(19-28(26)34-30)38-16-6-14-36(2)3)8-11-25(21)31-33-27-13-10-24(20-29(27)35-31)39-17-7-15-37(4)5/h8-13,18-20H,6-7,14-17H2,1-5H3,(H,32,34)(H,33,35). The first-order valence-electron chi connectivity index (χ1n) is 13.5. The molecule has 0 aliphatic heterocycles. The van der Waals surface area contributed by atoms with Crippen molar-refractivity contribution in [3.05, 3.63) is 60.2 Å². The van der Waals surface area contributed by atoms with Crippen LogP contribution >= 0.6 is 0 Å². The average Bonchev–Trinajstić information content (AvgIpc) is 3.52. The molecule has 3 aromatic carbocycles. The monoisotopic (exact) mass is 526 g/mol. The van der Waals surface area contributed by atoms with Crippen LogP contribution in [0, 0.1) is 6.92 Å². The lowest BCUT2D eigenvalue weighted by atomic mass is 10.0. The molecule has 204 valence electrons. The van der Waals surface area contributed by atoms with E-state index < -0.39 is 0 Å². The Morgan fingerprint density at radius 1 is 0.667 bits per heavy atom. The van der Waals surface area contributed by atoms with Crippen molar-refractivity contribution >= 4 is 22.1 Å². The number of rotatable bonds is 12. The number of nitrogens with zero attached hydrogens (tertiary/aromatic N) is 4. The van der Waals surface area contributed by atoms with Crippen LogP contribution in [0.15, 0.2) is 54.6 Å². The van der Waals surface area contributed by atoms with E-state index in [1.54, 1.807) is 0 Å². The molecule has 0 fully saturated rings. The maximum atomic E-state index is 5.94. The summed E-state index contributed by atoms with van der Waals surface area (Å²) in [5.74, 6) is 3.40. The summed E-state index contributed by atoms with van der Waals surface area (Å²) in [6.07, 6.45) is 1.98. The molecule has 2 heterocycles. The second-order valence-electron chi connectivity index (χ2n) is 10.6. The fraction of sp³-hybridized carbons (Fsp3) is 0.355. The third kappa shape index (κ3) is 6.58. The predicted octanol–water partition coefficient (Wildman–Crippen LogP) is 5.74. The highest BCUT2D eigenvalue weighted by Crippen LogP contribution is 2.30. The van der Waals surface area contributed by atoms with Crippen LogP contribution in [-0.4, -0.2) is 84.2 Å². The predicted molar refractivity (Wildman–Crippen MR) is 159 cm³/mol. The fourth-order valence-corrected chi connectivity index (χ4v) is 4.64. The largest absolute Gasteiger partial charge is 0.493 e. The Bertz CT molecular complexity index is 1550. The van der Waals surface area contributed by atoms with E-state index in [9.17, 15) is 0 Å². The number of aromatic nitrogens is 4. The Hall–Kier alpha value is -3.88. The summed E-state index contributed by atoms with van der Waals surface area (Å²) < 4.78 is 11.9. The van der Waals surface area contributed by atoms with Crippen molar-refractivity contribution < 1.29 is 9.47 Å². The van der Waals surface area contributed by atoms with E-state index in [-0.39, 0.29) is 0 Å². The highest BCUT2D eigenvalue weighted by atomic mass is 16.5. The second kappa shape index (κ2) is 11.9. The summed E-state index contributed by atoms with van der Waals surface area (Å²) in [5.41, 5.74) is 7.00. The molecule has 2 N–H and O–H groups in total. The maximum Gasteiger partial charge on any atom is 0.138 e. The van der Waals surface area contributed by atoms with Crippen molar-refractivity contribution in [2.75, 3.05) is 54.5 Å². The van der Waals surface area contributed by atoms with Gasteiger partial charge < -0.3 is 29.2 Å². The van der Waals surface area contributed by atoms with Gasteiger partial charge in [-0.15, -0.1) is 0 Å². The number of imidazole rings is 2. The number of nitrogens with one attached hydrogen (secondary N) is 2. The summed E-state index contributed by atoms with van der Waals surface area (Å²) in [6.45, 7) is 5.50. The molecule has 0 saturated heterocycles. The van der Waals surface area contributed by atoms with Crippen LogP contribution in [-0.2, 0) is 0 Å². The van der Waals surface area contributed by atoms with Crippen LogP contribution in [0.1, 0.15) is 18.4 Å². The fourth-order valence-electron chi connectivity index (χ4n) is 4.64. The molecule has 0 unspecified atom stereocenters. The topological polar surface area (TPSA) is 82.3 Å². The van der Waals surface area contributed by atoms with Gasteiger partial charge in [-0.1, -0.05) is 12.1 Å². The minimum absolute atomic E-state index is 0.693. The molecule has 8 heteroatoms. The third-order valence-electron chi connectivity index (χ3n) is 6.70. The first-order valence-corrected chi connectivity index (χ1v) is 13.5. The summed E-state index contributed by atoms with van der Waals surface area (Å²) in [4.78, 5) is 20.9. The van der Waals surface area contributed by atoms with Gasteiger partial charge in [0.15, 0.2) is 0 Å². The van der Waals surface area contributed by atoms with Gasteiger partial charge >= 0.3 is 0 Å². The van der Waals surface area contributed by atoms with Crippen LogP contribution in [0.4, 0.5) is 0 Å². The molecule has 0 aliphatic carbocycles. The molecule has 0 bridgehead atoms. The number of aryl methyl sites for hydroxylation is 1. The van der Waals surface area contributed by atoms with Gasteiger partial charge in [-0.05, 0) is 83.9 Å². The summed E-state index contributed by atoms with van der Waals surface area (Å²) in [6, 6.07) is 18.4. The van der Waals surface area contributed by atoms with Crippen molar-refractivity contribution in [2.24, 2.45) is 0 Å². The average molecular weight is 527 g/mol. The lowest BCUT2D eigenvalue weighted by Gasteiger charge is -2.10. The number of H-pyrrole nitrogens is 2. The van der Waals surface area contributed by atoms with Crippen LogP contribution in [0.2, 0.25) is 0 Å². The van der Waals surface area contributed by atoms with E-state index in [1.165, 1.54) is 0 Å². The minimum Gasteiger partial charge on any atom is -0.493 e. The quantitative estimate of drug-likeness (QED) is 0.202. The van der Waals surface area contributed by atoms with E-state index in [4.69, 9.17) is 19.4 Å². The highest BCUT2D eigenvalue weighted by molar-refractivity contribution is 5.83. The normalized spacial score (nSPS) is 11.8. The van der Waals surface area contributed by atoms with E-state index in [2.05, 4.69) is 73.1 Å². The summed E-state index contributed by atoms with van der Waals surface area (Å²) >= 11 is 0. The zero-order valence-electron chi connectivity index (χ0n) is 23.5. The van der Waals surface area contributed by atoms with Crippen LogP contribution < -0.4 is 9.47 Å². The molecule has 0 aliphatic rings. The SMILES string of the molecule is Cc1cc(-c2nc3ccc(OCCCN(C)C)cc3[nH]2)ccc1-c1nc2ccc(OCCCN(C)C)cc2[nH]1. The first kappa shape index (κ1) is 26.7. The minimum atomic E-state index is 0.693. The Kier molecular flexibility index (Phi) is 8.14. The highest BCUT2D eigenvalue weighted by Gasteiger charge is 2.12. The van der Waals surface area contributed by atoms with E-state index >= 15 is 0 Å². The molecule has 39 heavy (non-hydrogen) atoms. The number of aromatic amines is 2. The van der Waals surface area contributed by atoms with Gasteiger partial charge in [-0.25, -0.2) is 9.97 Å². The summed E-state index contributed by atoms with van der Waals surface area (Å²) in [7, 11) is 8.29. The Morgan fingerprint density at radius 2 is 1.21 bits per heavy atom. The molecule has 5 aromatic rings. The van der Waals surface area contributed by atoms with Crippen molar-refractivity contribution in [3.63, 3.8) is 0 Å². The smallest absolute Gasteiger partial charge is 0.138 e. The van der Waals surface area contributed by atoms with Crippen molar-refractivity contribution in [2.45, 2.75) is 19.8 Å². The lowest BCUT2D eigenvalue weighted by Crippen LogP contribution is -2.15. The number of hydrogen-bond donors (Lipinski definition) is 2. The molecule has 8 nitrogen and oxygen atoms in total. The molecule has 0 saturated carbocycles. The van der Waals surface area contributed by atoms with Crippen LogP contribution in [0.25, 0.3) is 44.8 Å². The molecule has 0 radical (unpaired) electrons. The Balaban J connectivity index is 1.30. The van der Waals surface area contributed by atoms with E-state index in [1.807, 2.05) is 36.4 Å². The zero-order chi connectivity index (χ0) is 27.4. The van der Waals surface area contributed by atoms with Gasteiger partial charge in [0.1, 0.15) is 23.1 Å². The van der Waals surface area contributed by atoms with E-state index in [0.717, 1.165) is 87.8 Å². The van der Waals surface area contributed by atoms with Crippen molar-refractivity contribution in [3.8, 4) is 34.3 Å². The molecule has 0 atom stereocenters. The molecule has 2 aromatic heterocycles. The molecule has 5 rings (SSSR count). The number of hydrogen-bond acceptors (Lipinski definition) is 6. The Labute approximate surface area is 230 Å². The molecule has 0 spiro atoms. The Morgan fingerprint density at radius 3 is 1.74 bits per heavy atom. The number of benzene rings is 3. The number of fused-ring (bicyclic) bond motifs is 2. The maximum absolute atomic E-state index is 5.94. The van der Waals surface area contributed by atoms with Gasteiger partial charge in [0.2, 0.25) is 0 Å². The molecule has 0 amide bonds. The lowest BCUT2D eigenvalue weighted by molar-refractivity contribution is 0.282. The van der Waals surface area contributed by atoms with Gasteiger partial charge in [0.25, 0.3) is 0 Å². The second-order valence-corrected chi connectivity index (χ2v) is 10.6. The molecular formula is C31H38N6O2. The van der Waals surface area contributed by atoms with Crippen molar-refractivity contribution in [1.29, 1.82) is 0 Å². The van der Waals surface area contributed by atoms with Gasteiger partial charge in [-0.2, -0.15) is 0 Å². The van der Waals surface area contributed by atoms with Crippen LogP contribution in [0.5, 0.6) is 11.5 Å². The third-order valence-corrected chi connectivity index (χ3v) is 6.70. The molecular weight excluding hydrogens is 488 g/mol. The van der Waals surface area contributed by atoms with Gasteiger partial charge in [0.05, 0.1) is 35.3 Å². The zero-order valence-corrected chi connectivity index (χ0v) is 23.5.